The fourth-order valence-corrected chi connectivity index (χ4v) is 0.599. The Kier molecular flexibility index (Phi) is 5.02. The average Bonchev–Trinajstić information content (AvgIpc) is 1.85. The van der Waals surface area contributed by atoms with Gasteiger partial charge >= 0.3 is 0 Å². The van der Waals surface area contributed by atoms with Crippen LogP contribution in [-0.2, 0) is 0 Å². The fourth-order valence-electron chi connectivity index (χ4n) is 0.473. The molecule has 0 aromatic heterocycles. The van der Waals surface area contributed by atoms with Gasteiger partial charge in [-0.2, -0.15) is 0 Å². The molecule has 0 aromatic rings. The Morgan fingerprint density at radius 2 is 2.09 bits per heavy atom. The number of allylic oxidation sites excluding steroid dienone is 2. The van der Waals surface area contributed by atoms with E-state index in [4.69, 9.17) is 16.7 Å². The lowest BCUT2D eigenvalue weighted by molar-refractivity contribution is 0.143. The lowest BCUT2D eigenvalue weighted by Gasteiger charge is -2.05. The van der Waals surface area contributed by atoms with Crippen molar-refractivity contribution in [3.63, 3.8) is 0 Å². The molecule has 0 saturated carbocycles. The molecule has 0 unspecified atom stereocenters. The first-order valence-electron chi connectivity index (χ1n) is 3.49. The standard InChI is InChI=1S/C9H13ClO/c1-9(2,11)7-5-3-4-6-8-10/h4,6,11H,3,8H2,1-2H3. The molecule has 0 atom stereocenters. The van der Waals surface area contributed by atoms with Gasteiger partial charge in [-0.25, -0.2) is 0 Å². The van der Waals surface area contributed by atoms with Gasteiger partial charge in [0.2, 0.25) is 0 Å². The summed E-state index contributed by atoms with van der Waals surface area (Å²) in [7, 11) is 0. The smallest absolute Gasteiger partial charge is 0.119 e. The molecular weight excluding hydrogens is 160 g/mol. The fraction of sp³-hybridized carbons (Fsp3) is 0.556. The molecule has 0 heterocycles. The van der Waals surface area contributed by atoms with Crippen molar-refractivity contribution in [2.75, 3.05) is 5.88 Å². The van der Waals surface area contributed by atoms with Crippen LogP contribution >= 0.6 is 11.6 Å². The SMILES string of the molecule is CC(C)(O)C#CCC=CCCl. The van der Waals surface area contributed by atoms with Crippen molar-refractivity contribution in [3.05, 3.63) is 12.2 Å². The van der Waals surface area contributed by atoms with Gasteiger partial charge in [0.25, 0.3) is 0 Å². The van der Waals surface area contributed by atoms with Crippen LogP contribution in [0, 0.1) is 11.8 Å². The van der Waals surface area contributed by atoms with Gasteiger partial charge in [-0.05, 0) is 13.8 Å². The minimum absolute atomic E-state index is 0.518. The summed E-state index contributed by atoms with van der Waals surface area (Å²) in [5, 5.41) is 9.15. The summed E-state index contributed by atoms with van der Waals surface area (Å²) in [6.45, 7) is 3.32. The maximum Gasteiger partial charge on any atom is 0.119 e. The van der Waals surface area contributed by atoms with E-state index in [2.05, 4.69) is 11.8 Å². The number of alkyl halides is 1. The van der Waals surface area contributed by atoms with Crippen LogP contribution in [-0.4, -0.2) is 16.6 Å². The van der Waals surface area contributed by atoms with E-state index in [0.29, 0.717) is 12.3 Å². The molecule has 11 heavy (non-hydrogen) atoms. The Morgan fingerprint density at radius 1 is 1.45 bits per heavy atom. The van der Waals surface area contributed by atoms with E-state index >= 15 is 0 Å². The van der Waals surface area contributed by atoms with E-state index < -0.39 is 5.60 Å². The van der Waals surface area contributed by atoms with Gasteiger partial charge in [0, 0.05) is 12.3 Å². The quantitative estimate of drug-likeness (QED) is 0.384. The molecule has 0 spiro atoms. The van der Waals surface area contributed by atoms with Gasteiger partial charge in [0.1, 0.15) is 5.60 Å². The Bertz CT molecular complexity index is 178. The molecule has 0 fully saturated rings. The van der Waals surface area contributed by atoms with E-state index in [9.17, 15) is 0 Å². The molecule has 0 aliphatic rings. The van der Waals surface area contributed by atoms with Gasteiger partial charge < -0.3 is 5.11 Å². The van der Waals surface area contributed by atoms with Gasteiger partial charge in [-0.3, -0.25) is 0 Å². The van der Waals surface area contributed by atoms with Crippen molar-refractivity contribution in [2.24, 2.45) is 0 Å². The predicted octanol–water partition coefficient (Wildman–Crippen LogP) is 1.95. The second kappa shape index (κ2) is 5.23. The zero-order valence-corrected chi connectivity index (χ0v) is 7.65. The van der Waals surface area contributed by atoms with Gasteiger partial charge in [0.05, 0.1) is 0 Å². The van der Waals surface area contributed by atoms with Crippen LogP contribution < -0.4 is 0 Å². The third-order valence-corrected chi connectivity index (χ3v) is 1.05. The second-order valence-electron chi connectivity index (χ2n) is 2.69. The summed E-state index contributed by atoms with van der Waals surface area (Å²) in [6, 6.07) is 0. The molecule has 1 nitrogen and oxygen atoms in total. The number of rotatable bonds is 2. The summed E-state index contributed by atoms with van der Waals surface area (Å²) >= 11 is 5.39. The Hall–Kier alpha value is -0.450. The van der Waals surface area contributed by atoms with Crippen LogP contribution in [0.3, 0.4) is 0 Å². The number of hydrogen-bond acceptors (Lipinski definition) is 1. The number of halogens is 1. The van der Waals surface area contributed by atoms with Gasteiger partial charge in [0.15, 0.2) is 0 Å². The molecule has 62 valence electrons. The molecule has 0 bridgehead atoms. The zero-order chi connectivity index (χ0) is 8.74. The molecule has 0 aliphatic heterocycles. The van der Waals surface area contributed by atoms with Crippen molar-refractivity contribution < 1.29 is 5.11 Å². The molecule has 0 rings (SSSR count). The third-order valence-electron chi connectivity index (χ3n) is 0.870. The first kappa shape index (κ1) is 10.6. The van der Waals surface area contributed by atoms with Crippen LogP contribution in [0.5, 0.6) is 0 Å². The maximum absolute atomic E-state index is 9.15. The van der Waals surface area contributed by atoms with Gasteiger partial charge in [-0.15, -0.1) is 11.6 Å². The second-order valence-corrected chi connectivity index (χ2v) is 3.00. The molecule has 2 heteroatoms. The highest BCUT2D eigenvalue weighted by Gasteiger charge is 2.04. The Labute approximate surface area is 73.1 Å². The van der Waals surface area contributed by atoms with E-state index in [1.807, 2.05) is 12.2 Å². The van der Waals surface area contributed by atoms with E-state index in [0.717, 1.165) is 0 Å². The highest BCUT2D eigenvalue weighted by molar-refractivity contribution is 6.18. The van der Waals surface area contributed by atoms with Crippen molar-refractivity contribution in [2.45, 2.75) is 25.9 Å². The summed E-state index contributed by atoms with van der Waals surface area (Å²) in [4.78, 5) is 0. The third kappa shape index (κ3) is 9.55. The Balaban J connectivity index is 3.65. The normalized spacial score (nSPS) is 11.3. The average molecular weight is 173 g/mol. The van der Waals surface area contributed by atoms with Crippen LogP contribution in [0.2, 0.25) is 0 Å². The molecular formula is C9H13ClO. The van der Waals surface area contributed by atoms with Crippen molar-refractivity contribution >= 4 is 11.6 Å². The topological polar surface area (TPSA) is 20.2 Å². The van der Waals surface area contributed by atoms with Crippen LogP contribution in [0.15, 0.2) is 12.2 Å². The van der Waals surface area contributed by atoms with E-state index in [-0.39, 0.29) is 0 Å². The first-order valence-corrected chi connectivity index (χ1v) is 4.03. The molecule has 0 amide bonds. The molecule has 1 N–H and O–H groups in total. The lowest BCUT2D eigenvalue weighted by Crippen LogP contribution is -2.14. The monoisotopic (exact) mass is 172 g/mol. The van der Waals surface area contributed by atoms with Crippen LogP contribution in [0.25, 0.3) is 0 Å². The Morgan fingerprint density at radius 3 is 2.55 bits per heavy atom. The summed E-state index contributed by atoms with van der Waals surface area (Å²) in [6.07, 6.45) is 4.36. The predicted molar refractivity (Wildman–Crippen MR) is 48.6 cm³/mol. The first-order chi connectivity index (χ1) is 5.06. The molecule has 0 saturated heterocycles. The summed E-state index contributed by atoms with van der Waals surface area (Å²) in [5.41, 5.74) is -0.880. The molecule has 0 radical (unpaired) electrons. The van der Waals surface area contributed by atoms with Crippen molar-refractivity contribution in [1.82, 2.24) is 0 Å². The molecule has 0 aromatic carbocycles. The van der Waals surface area contributed by atoms with E-state index in [1.54, 1.807) is 13.8 Å². The van der Waals surface area contributed by atoms with Crippen LogP contribution in [0.1, 0.15) is 20.3 Å². The van der Waals surface area contributed by atoms with Crippen molar-refractivity contribution in [1.29, 1.82) is 0 Å². The highest BCUT2D eigenvalue weighted by Crippen LogP contribution is 1.96. The lowest BCUT2D eigenvalue weighted by atomic mass is 10.1. The molecule has 0 aliphatic carbocycles. The highest BCUT2D eigenvalue weighted by atomic mass is 35.5. The van der Waals surface area contributed by atoms with Crippen molar-refractivity contribution in [3.8, 4) is 11.8 Å². The zero-order valence-electron chi connectivity index (χ0n) is 6.89. The largest absolute Gasteiger partial charge is 0.378 e. The van der Waals surface area contributed by atoms with Crippen LogP contribution in [0.4, 0.5) is 0 Å². The summed E-state index contributed by atoms with van der Waals surface area (Å²) < 4.78 is 0. The van der Waals surface area contributed by atoms with E-state index in [1.165, 1.54) is 0 Å². The van der Waals surface area contributed by atoms with Gasteiger partial charge in [-0.1, -0.05) is 24.0 Å². The minimum Gasteiger partial charge on any atom is -0.378 e. The number of aliphatic hydroxyl groups is 1. The minimum atomic E-state index is -0.880. The number of hydrogen-bond donors (Lipinski definition) is 1. The summed E-state index contributed by atoms with van der Waals surface area (Å²) in [5.74, 6) is 6.02. The maximum atomic E-state index is 9.15.